The number of aromatic nitrogens is 4. The Balaban J connectivity index is 0.00000841. The zero-order valence-corrected chi connectivity index (χ0v) is 66.1. The normalized spacial score (nSPS) is 12.5. The van der Waals surface area contributed by atoms with Gasteiger partial charge >= 0.3 is 0 Å². The third kappa shape index (κ3) is 11.6. The quantitative estimate of drug-likeness (QED) is 0.0617. The van der Waals surface area contributed by atoms with Crippen LogP contribution in [0.5, 0.6) is 11.5 Å². The van der Waals surface area contributed by atoms with Gasteiger partial charge in [0.15, 0.2) is 0 Å². The smallest absolute Gasteiger partial charge is 0.268 e. The van der Waals surface area contributed by atoms with E-state index in [1.165, 1.54) is 16.4 Å². The Morgan fingerprint density at radius 1 is 0.362 bits per heavy atom. The zero-order valence-electron chi connectivity index (χ0n) is 63.8. The monoisotopic (exact) mass is 1660 g/mol. The van der Waals surface area contributed by atoms with Crippen LogP contribution in [0.3, 0.4) is 0 Å². The molecule has 16 aromatic carbocycles. The van der Waals surface area contributed by atoms with Crippen LogP contribution in [0.25, 0.3) is 117 Å². The molecule has 0 unspecified atom stereocenters. The molecule has 552 valence electrons. The van der Waals surface area contributed by atoms with Crippen molar-refractivity contribution in [2.45, 2.75) is 26.2 Å². The number of anilines is 9. The molecule has 0 radical (unpaired) electrons. The number of fused-ring (bicyclic) bond motifs is 5. The Bertz CT molecular complexity index is 6770. The fraction of sp³-hybridized carbons (Fsp3) is 0.0377. The first kappa shape index (κ1) is 69.8. The number of benzene rings is 16. The summed E-state index contributed by atoms with van der Waals surface area (Å²) in [6, 6.07) is 144. The molecule has 0 aliphatic carbocycles. The van der Waals surface area contributed by atoms with Crippen molar-refractivity contribution in [3.63, 3.8) is 0 Å². The number of para-hydroxylation sites is 6. The summed E-state index contributed by atoms with van der Waals surface area (Å²) in [5.74, 6) is 1.82. The van der Waals surface area contributed by atoms with Crippen molar-refractivity contribution in [2.24, 2.45) is 0 Å². The summed E-state index contributed by atoms with van der Waals surface area (Å²) in [5.41, 5.74) is 33.4. The average Bonchev–Trinajstić information content (AvgIpc) is 1.08. The number of rotatable bonds is 14. The molecule has 3 aromatic heterocycles. The maximum atomic E-state index is 7.26. The second-order valence-corrected chi connectivity index (χ2v) is 31.0. The standard InChI is InChI=1S/C106H72BN7O.Pt/c1-106(2,3)80-57-58-108-99(65-80)114-96-67-86(55-56-89(96)100-97(114)68-98-103-105(100)113(83-43-23-10-24-44-83)95-54-30-52-93-102(95)107(103)101-92(111(93)81-39-19-8-20-40-81)51-29-53-94(101)112(98)82-41-21-9-22-42-82)115-85-46-27-45-84(66-85)109-69-110(91-50-26-25-49-90(91)109)104-87(78-61-74(70-31-11-4-12-32-70)59-75(62-78)71-33-13-5-14-34-71)47-28-48-88(104)79-63-76(72-35-15-6-16-36-72)60-77(64-79)73-37-17-7-18-38-73;/h4-65,68H,1-3H3;/q-2;. The number of hydrogen-bond acceptors (Lipinski definition) is 5. The van der Waals surface area contributed by atoms with Crippen LogP contribution in [0.4, 0.5) is 51.2 Å². The van der Waals surface area contributed by atoms with E-state index in [1.54, 1.807) is 0 Å². The Kier molecular flexibility index (Phi) is 17.0. The van der Waals surface area contributed by atoms with Crippen molar-refractivity contribution in [3.8, 4) is 95.5 Å². The van der Waals surface area contributed by atoms with E-state index in [9.17, 15) is 0 Å². The third-order valence-electron chi connectivity index (χ3n) is 23.2. The predicted molar refractivity (Wildman–Crippen MR) is 474 cm³/mol. The fourth-order valence-corrected chi connectivity index (χ4v) is 18.0. The summed E-state index contributed by atoms with van der Waals surface area (Å²) >= 11 is 0. The molecule has 0 saturated carbocycles. The number of pyridine rings is 1. The summed E-state index contributed by atoms with van der Waals surface area (Å²) in [4.78, 5) is 12.9. The van der Waals surface area contributed by atoms with Crippen LogP contribution in [0.1, 0.15) is 26.3 Å². The second kappa shape index (κ2) is 28.2. The molecule has 22 rings (SSSR count). The summed E-state index contributed by atoms with van der Waals surface area (Å²) in [7, 11) is 0. The minimum Gasteiger partial charge on any atom is -0.510 e. The minimum atomic E-state index is -0.193. The van der Waals surface area contributed by atoms with Crippen molar-refractivity contribution in [1.82, 2.24) is 14.1 Å². The Morgan fingerprint density at radius 3 is 1.32 bits per heavy atom. The van der Waals surface area contributed by atoms with Crippen molar-refractivity contribution in [2.75, 3.05) is 14.7 Å². The molecular formula is C106H72BN7OPt-2. The number of imidazole rings is 1. The number of ether oxygens (including phenoxy) is 1. The molecule has 0 fully saturated rings. The van der Waals surface area contributed by atoms with Crippen LogP contribution in [0.15, 0.2) is 382 Å². The first-order valence-electron chi connectivity index (χ1n) is 39.4. The van der Waals surface area contributed by atoms with Crippen molar-refractivity contribution in [1.29, 1.82) is 0 Å². The van der Waals surface area contributed by atoms with Gasteiger partial charge in [-0.1, -0.05) is 262 Å². The molecule has 19 aromatic rings. The molecule has 3 aliphatic rings. The van der Waals surface area contributed by atoms with Crippen LogP contribution in [-0.2, 0) is 26.5 Å². The van der Waals surface area contributed by atoms with Crippen LogP contribution in [0, 0.1) is 18.5 Å². The Labute approximate surface area is 689 Å². The maximum Gasteiger partial charge on any atom is 0.268 e. The van der Waals surface area contributed by atoms with Crippen LogP contribution in [-0.4, -0.2) is 20.8 Å². The molecule has 0 saturated heterocycles. The molecule has 0 N–H and O–H groups in total. The van der Waals surface area contributed by atoms with E-state index >= 15 is 0 Å². The Morgan fingerprint density at radius 2 is 0.802 bits per heavy atom. The van der Waals surface area contributed by atoms with Gasteiger partial charge in [0.25, 0.3) is 13.0 Å². The van der Waals surface area contributed by atoms with Crippen molar-refractivity contribution < 1.29 is 30.4 Å². The Hall–Kier alpha value is -14.1. The molecule has 8 nitrogen and oxygen atoms in total. The van der Waals surface area contributed by atoms with Gasteiger partial charge in [-0.25, -0.2) is 4.98 Å². The van der Waals surface area contributed by atoms with E-state index < -0.39 is 0 Å². The van der Waals surface area contributed by atoms with Gasteiger partial charge in [0.05, 0.1) is 16.7 Å². The zero-order chi connectivity index (χ0) is 76.4. The van der Waals surface area contributed by atoms with E-state index in [0.29, 0.717) is 11.5 Å². The topological polar surface area (TPSA) is 45.6 Å². The molecule has 0 spiro atoms. The molecule has 10 heteroatoms. The second-order valence-electron chi connectivity index (χ2n) is 31.0. The first-order valence-corrected chi connectivity index (χ1v) is 39.4. The van der Waals surface area contributed by atoms with Gasteiger partial charge < -0.3 is 28.6 Å². The van der Waals surface area contributed by atoms with Gasteiger partial charge in [0.2, 0.25) is 0 Å². The first-order chi connectivity index (χ1) is 56.7. The van der Waals surface area contributed by atoms with Crippen molar-refractivity contribution >= 4 is 107 Å². The molecule has 0 atom stereocenters. The molecule has 116 heavy (non-hydrogen) atoms. The van der Waals surface area contributed by atoms with Gasteiger partial charge in [0, 0.05) is 95.5 Å². The van der Waals surface area contributed by atoms with Gasteiger partial charge in [-0.05, 0) is 220 Å². The van der Waals surface area contributed by atoms with E-state index in [-0.39, 0.29) is 33.2 Å². The van der Waals surface area contributed by atoms with E-state index in [2.05, 4.69) is 432 Å². The number of hydrogen-bond donors (Lipinski definition) is 0. The van der Waals surface area contributed by atoms with Crippen LogP contribution >= 0.6 is 0 Å². The van der Waals surface area contributed by atoms with E-state index in [0.717, 1.165) is 174 Å². The van der Waals surface area contributed by atoms with Crippen molar-refractivity contribution in [3.05, 3.63) is 406 Å². The molecule has 0 bridgehead atoms. The van der Waals surface area contributed by atoms with Gasteiger partial charge in [-0.2, -0.15) is 18.2 Å². The van der Waals surface area contributed by atoms with Crippen LogP contribution < -0.4 is 40.4 Å². The maximum absolute atomic E-state index is 7.26. The van der Waals surface area contributed by atoms with Gasteiger partial charge in [0.1, 0.15) is 5.82 Å². The molecule has 3 aliphatic heterocycles. The SMILES string of the molecule is CC(C)(C)c1ccnc(-n2c3[c-]c(Oc4[c-]c(-n5[c-][n+](-c6c(-c7cc(-c8ccccc8)cc(-c8ccccc8)c7)cccc6-c6cc(-c7ccccc7)cc(-c7ccccc7)c6)c6ccccc65)ccc4)ccc3c3c4c5c(cc32)N(c2ccccc2)c2cccc3c2B5c2c(cccc2N4c2ccccc2)N3c2ccccc2)c1.[Pt]. The fourth-order valence-electron chi connectivity index (χ4n) is 18.0. The van der Waals surface area contributed by atoms with E-state index in [1.807, 2.05) is 18.3 Å². The van der Waals surface area contributed by atoms with Crippen LogP contribution in [0.2, 0.25) is 0 Å². The molecule has 0 amide bonds. The average molecular weight is 1670 g/mol. The van der Waals surface area contributed by atoms with E-state index in [4.69, 9.17) is 9.72 Å². The van der Waals surface area contributed by atoms with Gasteiger partial charge in [-0.3, -0.25) is 4.57 Å². The minimum absolute atomic E-state index is 0. The molecular weight excluding hydrogens is 1590 g/mol. The predicted octanol–water partition coefficient (Wildman–Crippen LogP) is 24.8. The molecule has 6 heterocycles. The summed E-state index contributed by atoms with van der Waals surface area (Å²) in [5, 5.41) is 2.10. The summed E-state index contributed by atoms with van der Waals surface area (Å²) in [6.45, 7) is 6.66. The summed E-state index contributed by atoms with van der Waals surface area (Å²) in [6.07, 6.45) is 5.97. The third-order valence-corrected chi connectivity index (χ3v) is 23.2. The largest absolute Gasteiger partial charge is 0.510 e. The summed E-state index contributed by atoms with van der Waals surface area (Å²) < 4.78 is 14.0. The number of nitrogens with zero attached hydrogens (tertiary/aromatic N) is 7. The van der Waals surface area contributed by atoms with Gasteiger partial charge in [-0.15, -0.1) is 24.3 Å².